The summed E-state index contributed by atoms with van der Waals surface area (Å²) >= 11 is 5.11. The minimum absolute atomic E-state index is 0.197. The Kier molecular flexibility index (Phi) is 5.55. The molecule has 0 fully saturated rings. The first-order valence-corrected chi connectivity index (χ1v) is 7.34. The molecule has 1 aromatic carbocycles. The molecule has 0 saturated carbocycles. The highest BCUT2D eigenvalue weighted by atomic mass is 32.1. The molecule has 2 aromatic rings. The van der Waals surface area contributed by atoms with Crippen LogP contribution in [-0.2, 0) is 0 Å². The summed E-state index contributed by atoms with van der Waals surface area (Å²) in [4.78, 5) is 11.8. The Hall–Kier alpha value is -2.34. The van der Waals surface area contributed by atoms with Crippen molar-refractivity contribution in [2.24, 2.45) is 5.92 Å². The zero-order valence-corrected chi connectivity index (χ0v) is 13.3. The van der Waals surface area contributed by atoms with Crippen LogP contribution >= 0.6 is 12.2 Å². The summed E-state index contributed by atoms with van der Waals surface area (Å²) in [5.41, 5.74) is 0.742. The normalized spacial score (nSPS) is 10.3. The van der Waals surface area contributed by atoms with Crippen LogP contribution in [0.4, 0.5) is 5.69 Å². The molecule has 1 amide bonds. The lowest BCUT2D eigenvalue weighted by molar-refractivity contribution is 0.0950. The summed E-state index contributed by atoms with van der Waals surface area (Å²) in [6.07, 6.45) is 1.43. The van der Waals surface area contributed by atoms with E-state index in [4.69, 9.17) is 21.4 Å². The van der Waals surface area contributed by atoms with Gasteiger partial charge in [-0.2, -0.15) is 0 Å². The van der Waals surface area contributed by atoms with Crippen LogP contribution in [0.2, 0.25) is 0 Å². The SMILES string of the molecule is CC(C)COc1cccc(NC(=S)NC(=O)c2ccco2)c1. The van der Waals surface area contributed by atoms with Gasteiger partial charge in [0.1, 0.15) is 5.75 Å². The standard InChI is InChI=1S/C16H18N2O3S/c1-11(2)10-21-13-6-3-5-12(9-13)17-16(22)18-15(19)14-7-4-8-20-14/h3-9,11H,10H2,1-2H3,(H2,17,18,19,22). The van der Waals surface area contributed by atoms with Gasteiger partial charge in [0, 0.05) is 11.8 Å². The number of ether oxygens (including phenoxy) is 1. The quantitative estimate of drug-likeness (QED) is 0.827. The van der Waals surface area contributed by atoms with Crippen molar-refractivity contribution in [3.8, 4) is 5.75 Å². The topological polar surface area (TPSA) is 63.5 Å². The largest absolute Gasteiger partial charge is 0.493 e. The van der Waals surface area contributed by atoms with E-state index in [9.17, 15) is 4.79 Å². The predicted octanol–water partition coefficient (Wildman–Crippen LogP) is 3.44. The molecule has 0 aliphatic heterocycles. The highest BCUT2D eigenvalue weighted by Crippen LogP contribution is 2.18. The number of furan rings is 1. The minimum atomic E-state index is -0.394. The van der Waals surface area contributed by atoms with Crippen LogP contribution in [0.5, 0.6) is 5.75 Å². The van der Waals surface area contributed by atoms with E-state index in [1.807, 2.05) is 24.3 Å². The molecule has 2 N–H and O–H groups in total. The number of thiocarbonyl (C=S) groups is 1. The Morgan fingerprint density at radius 3 is 2.82 bits per heavy atom. The molecule has 0 atom stereocenters. The number of amides is 1. The molecule has 0 aliphatic carbocycles. The number of anilines is 1. The Morgan fingerprint density at radius 2 is 2.14 bits per heavy atom. The average Bonchev–Trinajstić information content (AvgIpc) is 2.99. The van der Waals surface area contributed by atoms with Crippen LogP contribution in [0.15, 0.2) is 47.1 Å². The van der Waals surface area contributed by atoms with Crippen molar-refractivity contribution in [2.45, 2.75) is 13.8 Å². The number of carbonyl (C=O) groups is 1. The van der Waals surface area contributed by atoms with Crippen molar-refractivity contribution in [3.05, 3.63) is 48.4 Å². The Balaban J connectivity index is 1.91. The second-order valence-corrected chi connectivity index (χ2v) is 5.53. The third-order valence-corrected chi connectivity index (χ3v) is 2.85. The van der Waals surface area contributed by atoms with Gasteiger partial charge < -0.3 is 14.5 Å². The summed E-state index contributed by atoms with van der Waals surface area (Å²) in [7, 11) is 0. The third kappa shape index (κ3) is 4.89. The summed E-state index contributed by atoms with van der Waals surface area (Å²) in [5.74, 6) is 1.01. The monoisotopic (exact) mass is 318 g/mol. The van der Waals surface area contributed by atoms with E-state index in [-0.39, 0.29) is 10.9 Å². The summed E-state index contributed by atoms with van der Waals surface area (Å²) < 4.78 is 10.6. The lowest BCUT2D eigenvalue weighted by Crippen LogP contribution is -2.33. The molecular formula is C16H18N2O3S. The summed E-state index contributed by atoms with van der Waals surface area (Å²) in [6.45, 7) is 4.81. The molecule has 5 nitrogen and oxygen atoms in total. The van der Waals surface area contributed by atoms with Gasteiger partial charge in [0.2, 0.25) is 0 Å². The third-order valence-electron chi connectivity index (χ3n) is 2.65. The van der Waals surface area contributed by atoms with Gasteiger partial charge in [-0.15, -0.1) is 0 Å². The average molecular weight is 318 g/mol. The van der Waals surface area contributed by atoms with E-state index in [2.05, 4.69) is 24.5 Å². The number of rotatable bonds is 5. The molecule has 0 saturated heterocycles. The van der Waals surface area contributed by atoms with Crippen molar-refractivity contribution in [3.63, 3.8) is 0 Å². The number of carbonyl (C=O) groups excluding carboxylic acids is 1. The highest BCUT2D eigenvalue weighted by Gasteiger charge is 2.10. The zero-order chi connectivity index (χ0) is 15.9. The molecule has 1 aromatic heterocycles. The Labute approximate surface area is 134 Å². The van der Waals surface area contributed by atoms with Crippen LogP contribution in [0.1, 0.15) is 24.4 Å². The maximum atomic E-state index is 11.8. The van der Waals surface area contributed by atoms with Gasteiger partial charge in [-0.05, 0) is 42.4 Å². The first-order valence-electron chi connectivity index (χ1n) is 6.93. The van der Waals surface area contributed by atoms with Crippen molar-refractivity contribution in [2.75, 3.05) is 11.9 Å². The van der Waals surface area contributed by atoms with Crippen LogP contribution in [0, 0.1) is 5.92 Å². The van der Waals surface area contributed by atoms with E-state index in [0.717, 1.165) is 11.4 Å². The van der Waals surface area contributed by atoms with Crippen molar-refractivity contribution in [1.82, 2.24) is 5.32 Å². The minimum Gasteiger partial charge on any atom is -0.493 e. The molecular weight excluding hydrogens is 300 g/mol. The van der Waals surface area contributed by atoms with Gasteiger partial charge in [0.05, 0.1) is 12.9 Å². The second-order valence-electron chi connectivity index (χ2n) is 5.12. The van der Waals surface area contributed by atoms with Crippen LogP contribution in [-0.4, -0.2) is 17.6 Å². The first-order chi connectivity index (χ1) is 10.5. The summed E-state index contributed by atoms with van der Waals surface area (Å²) in [5, 5.41) is 5.68. The lowest BCUT2D eigenvalue weighted by Gasteiger charge is -2.12. The fourth-order valence-electron chi connectivity index (χ4n) is 1.66. The van der Waals surface area contributed by atoms with Crippen LogP contribution in [0.3, 0.4) is 0 Å². The maximum Gasteiger partial charge on any atom is 0.293 e. The highest BCUT2D eigenvalue weighted by molar-refractivity contribution is 7.80. The lowest BCUT2D eigenvalue weighted by atomic mass is 10.2. The number of hydrogen-bond acceptors (Lipinski definition) is 4. The second kappa shape index (κ2) is 7.61. The molecule has 22 heavy (non-hydrogen) atoms. The van der Waals surface area contributed by atoms with Gasteiger partial charge in [0.15, 0.2) is 10.9 Å². The maximum absolute atomic E-state index is 11.8. The van der Waals surface area contributed by atoms with Gasteiger partial charge in [-0.3, -0.25) is 10.1 Å². The van der Waals surface area contributed by atoms with Gasteiger partial charge >= 0.3 is 0 Å². The molecule has 0 radical (unpaired) electrons. The number of hydrogen-bond donors (Lipinski definition) is 2. The fourth-order valence-corrected chi connectivity index (χ4v) is 1.87. The van der Waals surface area contributed by atoms with Gasteiger partial charge in [0.25, 0.3) is 5.91 Å². The molecule has 0 aliphatic rings. The Morgan fingerprint density at radius 1 is 1.32 bits per heavy atom. The fraction of sp³-hybridized carbons (Fsp3) is 0.250. The first kappa shape index (κ1) is 16.0. The predicted molar refractivity (Wildman–Crippen MR) is 89.2 cm³/mol. The smallest absolute Gasteiger partial charge is 0.293 e. The summed E-state index contributed by atoms with van der Waals surface area (Å²) in [6, 6.07) is 10.6. The van der Waals surface area contributed by atoms with Crippen molar-refractivity contribution < 1.29 is 13.9 Å². The number of nitrogens with one attached hydrogen (secondary N) is 2. The van der Waals surface area contributed by atoms with Crippen molar-refractivity contribution >= 4 is 28.9 Å². The molecule has 0 spiro atoms. The molecule has 1 heterocycles. The van der Waals surface area contributed by atoms with Gasteiger partial charge in [-0.25, -0.2) is 0 Å². The van der Waals surface area contributed by atoms with E-state index in [1.54, 1.807) is 12.1 Å². The molecule has 2 rings (SSSR count). The van der Waals surface area contributed by atoms with E-state index < -0.39 is 5.91 Å². The zero-order valence-electron chi connectivity index (χ0n) is 12.5. The van der Waals surface area contributed by atoms with E-state index >= 15 is 0 Å². The van der Waals surface area contributed by atoms with Crippen LogP contribution < -0.4 is 15.4 Å². The molecule has 6 heteroatoms. The molecule has 0 bridgehead atoms. The number of benzene rings is 1. The van der Waals surface area contributed by atoms with Crippen molar-refractivity contribution in [1.29, 1.82) is 0 Å². The van der Waals surface area contributed by atoms with Gasteiger partial charge in [-0.1, -0.05) is 19.9 Å². The van der Waals surface area contributed by atoms with E-state index in [1.165, 1.54) is 6.26 Å². The molecule has 116 valence electrons. The van der Waals surface area contributed by atoms with Crippen LogP contribution in [0.25, 0.3) is 0 Å². The molecule has 0 unspecified atom stereocenters. The Bertz CT molecular complexity index is 639. The van der Waals surface area contributed by atoms with E-state index in [0.29, 0.717) is 12.5 Å².